The van der Waals surface area contributed by atoms with Crippen LogP contribution < -0.4 is 0 Å². The molecule has 1 fully saturated rings. The van der Waals surface area contributed by atoms with E-state index in [9.17, 15) is 14.0 Å². The van der Waals surface area contributed by atoms with Crippen molar-refractivity contribution in [1.82, 2.24) is 9.88 Å². The third-order valence-corrected chi connectivity index (χ3v) is 3.87. The van der Waals surface area contributed by atoms with E-state index in [1.807, 2.05) is 0 Å². The molecule has 1 aliphatic carbocycles. The van der Waals surface area contributed by atoms with Gasteiger partial charge in [0, 0.05) is 29.9 Å². The Morgan fingerprint density at radius 3 is 2.64 bits per heavy atom. The Balaban J connectivity index is 1.83. The number of rotatable bonds is 5. The van der Waals surface area contributed by atoms with Crippen molar-refractivity contribution < 1.29 is 14.0 Å². The summed E-state index contributed by atoms with van der Waals surface area (Å²) in [5, 5.41) is 0. The molecule has 22 heavy (non-hydrogen) atoms. The highest BCUT2D eigenvalue weighted by Gasteiger charge is 2.34. The molecule has 0 bridgehead atoms. The van der Waals surface area contributed by atoms with Gasteiger partial charge in [0.2, 0.25) is 0 Å². The minimum absolute atomic E-state index is 0.0950. The van der Waals surface area contributed by atoms with Crippen molar-refractivity contribution in [1.29, 1.82) is 0 Å². The van der Waals surface area contributed by atoms with Crippen molar-refractivity contribution in [2.75, 3.05) is 0 Å². The number of nitrogens with zero attached hydrogens (tertiary/aromatic N) is 1. The summed E-state index contributed by atoms with van der Waals surface area (Å²) in [4.78, 5) is 28.5. The van der Waals surface area contributed by atoms with Crippen LogP contribution in [0, 0.1) is 5.82 Å². The van der Waals surface area contributed by atoms with Crippen LogP contribution in [0.5, 0.6) is 0 Å². The lowest BCUT2D eigenvalue weighted by Gasteiger charge is -2.22. The van der Waals surface area contributed by atoms with Crippen molar-refractivity contribution >= 4 is 11.7 Å². The lowest BCUT2D eigenvalue weighted by atomic mass is 10.2. The molecule has 1 aliphatic rings. The van der Waals surface area contributed by atoms with Crippen LogP contribution in [-0.2, 0) is 6.54 Å². The number of carbonyl (C=O) groups excluding carboxylic acids is 2. The van der Waals surface area contributed by atoms with Crippen LogP contribution in [-0.4, -0.2) is 27.6 Å². The Labute approximate surface area is 127 Å². The standard InChI is InChI=1S/C17H17FN2O2/c1-11(21)13-8-16(19-9-13)17(22)20(14-6-7-14)10-12-4-2-3-5-15(12)18/h2-5,8-9,14,19H,6-7,10H2,1H3. The summed E-state index contributed by atoms with van der Waals surface area (Å²) in [5.74, 6) is -0.600. The van der Waals surface area contributed by atoms with Gasteiger partial charge in [-0.3, -0.25) is 9.59 Å². The number of amides is 1. The first kappa shape index (κ1) is 14.5. The largest absolute Gasteiger partial charge is 0.356 e. The minimum Gasteiger partial charge on any atom is -0.356 e. The molecule has 0 atom stereocenters. The van der Waals surface area contributed by atoms with Gasteiger partial charge in [-0.25, -0.2) is 4.39 Å². The van der Waals surface area contributed by atoms with Gasteiger partial charge in [-0.15, -0.1) is 0 Å². The molecule has 1 aromatic heterocycles. The number of hydrogen-bond acceptors (Lipinski definition) is 2. The number of aromatic amines is 1. The van der Waals surface area contributed by atoms with Crippen molar-refractivity contribution in [3.63, 3.8) is 0 Å². The molecule has 0 saturated heterocycles. The first-order chi connectivity index (χ1) is 10.6. The molecule has 3 rings (SSSR count). The normalized spacial score (nSPS) is 13.9. The van der Waals surface area contributed by atoms with Crippen LogP contribution in [0.4, 0.5) is 4.39 Å². The Morgan fingerprint density at radius 2 is 2.05 bits per heavy atom. The molecule has 5 heteroatoms. The molecule has 0 radical (unpaired) electrons. The zero-order valence-electron chi connectivity index (χ0n) is 12.3. The van der Waals surface area contributed by atoms with Crippen molar-refractivity contribution in [3.8, 4) is 0 Å². The number of halogens is 1. The maximum atomic E-state index is 13.8. The van der Waals surface area contributed by atoms with Crippen LogP contribution in [0.1, 0.15) is 46.2 Å². The molecular formula is C17H17FN2O2. The van der Waals surface area contributed by atoms with E-state index in [1.165, 1.54) is 19.2 Å². The lowest BCUT2D eigenvalue weighted by molar-refractivity contribution is 0.0723. The van der Waals surface area contributed by atoms with Gasteiger partial charge in [0.15, 0.2) is 5.78 Å². The second-order valence-corrected chi connectivity index (χ2v) is 5.61. The van der Waals surface area contributed by atoms with Gasteiger partial charge in [-0.2, -0.15) is 0 Å². The molecular weight excluding hydrogens is 283 g/mol. The van der Waals surface area contributed by atoms with E-state index in [2.05, 4.69) is 4.98 Å². The van der Waals surface area contributed by atoms with E-state index in [0.29, 0.717) is 16.8 Å². The Kier molecular flexibility index (Phi) is 3.79. The summed E-state index contributed by atoms with van der Waals surface area (Å²) < 4.78 is 13.8. The maximum Gasteiger partial charge on any atom is 0.270 e. The summed E-state index contributed by atoms with van der Waals surface area (Å²) >= 11 is 0. The Morgan fingerprint density at radius 1 is 1.32 bits per heavy atom. The van der Waals surface area contributed by atoms with Gasteiger partial charge in [-0.05, 0) is 31.9 Å². The van der Waals surface area contributed by atoms with Crippen LogP contribution in [0.25, 0.3) is 0 Å². The predicted molar refractivity (Wildman–Crippen MR) is 80.1 cm³/mol. The molecule has 0 unspecified atom stereocenters. The lowest BCUT2D eigenvalue weighted by Crippen LogP contribution is -2.33. The average Bonchev–Trinajstić information content (AvgIpc) is 3.21. The highest BCUT2D eigenvalue weighted by Crippen LogP contribution is 2.30. The van der Waals surface area contributed by atoms with E-state index in [4.69, 9.17) is 0 Å². The number of nitrogens with one attached hydrogen (secondary N) is 1. The topological polar surface area (TPSA) is 53.2 Å². The molecule has 1 N–H and O–H groups in total. The van der Waals surface area contributed by atoms with Gasteiger partial charge in [0.1, 0.15) is 11.5 Å². The zero-order valence-corrected chi connectivity index (χ0v) is 12.3. The molecule has 1 aromatic carbocycles. The molecule has 2 aromatic rings. The number of carbonyl (C=O) groups is 2. The van der Waals surface area contributed by atoms with E-state index < -0.39 is 0 Å². The maximum absolute atomic E-state index is 13.8. The number of Topliss-reactive ketones (excluding diaryl/α,β-unsaturated/α-hetero) is 1. The summed E-state index contributed by atoms with van der Waals surface area (Å²) in [6.45, 7) is 1.69. The van der Waals surface area contributed by atoms with Crippen molar-refractivity contribution in [3.05, 3.63) is 59.2 Å². The number of benzene rings is 1. The van der Waals surface area contributed by atoms with Crippen LogP contribution in [0.15, 0.2) is 36.5 Å². The van der Waals surface area contributed by atoms with Gasteiger partial charge in [-0.1, -0.05) is 18.2 Å². The molecule has 4 nitrogen and oxygen atoms in total. The number of hydrogen-bond donors (Lipinski definition) is 1. The first-order valence-electron chi connectivity index (χ1n) is 7.30. The van der Waals surface area contributed by atoms with Gasteiger partial charge in [0.25, 0.3) is 5.91 Å². The Hall–Kier alpha value is -2.43. The fraction of sp³-hybridized carbons (Fsp3) is 0.294. The van der Waals surface area contributed by atoms with Crippen molar-refractivity contribution in [2.45, 2.75) is 32.4 Å². The van der Waals surface area contributed by atoms with Crippen LogP contribution in [0.2, 0.25) is 0 Å². The quantitative estimate of drug-likeness (QED) is 0.862. The van der Waals surface area contributed by atoms with Crippen LogP contribution in [0.3, 0.4) is 0 Å². The highest BCUT2D eigenvalue weighted by atomic mass is 19.1. The zero-order chi connectivity index (χ0) is 15.7. The molecule has 114 valence electrons. The monoisotopic (exact) mass is 300 g/mol. The molecule has 1 amide bonds. The summed E-state index contributed by atoms with van der Waals surface area (Å²) in [5.41, 5.74) is 1.35. The molecule has 0 aliphatic heterocycles. The first-order valence-corrected chi connectivity index (χ1v) is 7.30. The van der Waals surface area contributed by atoms with E-state index in [0.717, 1.165) is 12.8 Å². The third-order valence-electron chi connectivity index (χ3n) is 3.87. The van der Waals surface area contributed by atoms with Gasteiger partial charge in [0.05, 0.1) is 0 Å². The summed E-state index contributed by atoms with van der Waals surface area (Å²) in [7, 11) is 0. The molecule has 1 saturated carbocycles. The minimum atomic E-state index is -0.308. The average molecular weight is 300 g/mol. The SMILES string of the molecule is CC(=O)c1c[nH]c(C(=O)N(Cc2ccccc2F)C2CC2)c1. The second kappa shape index (κ2) is 5.75. The highest BCUT2D eigenvalue weighted by molar-refractivity contribution is 5.99. The van der Waals surface area contributed by atoms with Gasteiger partial charge >= 0.3 is 0 Å². The molecule has 0 spiro atoms. The predicted octanol–water partition coefficient (Wildman–Crippen LogP) is 3.16. The summed E-state index contributed by atoms with van der Waals surface area (Å²) in [6, 6.07) is 8.18. The fourth-order valence-corrected chi connectivity index (χ4v) is 2.44. The van der Waals surface area contributed by atoms with Gasteiger partial charge < -0.3 is 9.88 Å². The van der Waals surface area contributed by atoms with Crippen molar-refractivity contribution in [2.24, 2.45) is 0 Å². The smallest absolute Gasteiger partial charge is 0.270 e. The van der Waals surface area contributed by atoms with Crippen LogP contribution >= 0.6 is 0 Å². The molecule has 1 heterocycles. The van der Waals surface area contributed by atoms with E-state index in [1.54, 1.807) is 29.2 Å². The summed E-state index contributed by atoms with van der Waals surface area (Å²) in [6.07, 6.45) is 3.39. The Bertz CT molecular complexity index is 719. The second-order valence-electron chi connectivity index (χ2n) is 5.61. The number of aromatic nitrogens is 1. The number of ketones is 1. The van der Waals surface area contributed by atoms with E-state index in [-0.39, 0.29) is 30.1 Å². The van der Waals surface area contributed by atoms with E-state index >= 15 is 0 Å². The fourth-order valence-electron chi connectivity index (χ4n) is 2.44. The third kappa shape index (κ3) is 2.93. The number of H-pyrrole nitrogens is 1.